The molecule has 0 radical (unpaired) electrons. The van der Waals surface area contributed by atoms with Gasteiger partial charge in [-0.2, -0.15) is 0 Å². The summed E-state index contributed by atoms with van der Waals surface area (Å²) in [5, 5.41) is 0. The number of halogens is 2. The third-order valence-corrected chi connectivity index (χ3v) is 6.96. The molecule has 1 aliphatic rings. The van der Waals surface area contributed by atoms with Gasteiger partial charge in [-0.3, -0.25) is 14.2 Å². The minimum Gasteiger partial charge on any atom is -0.373 e. The summed E-state index contributed by atoms with van der Waals surface area (Å²) in [7, 11) is 0. The number of ether oxygens (including phenoxy) is 1. The molecule has 4 aromatic rings. The van der Waals surface area contributed by atoms with Crippen LogP contribution in [0.1, 0.15) is 72.8 Å². The second-order valence-corrected chi connectivity index (χ2v) is 9.71. The van der Waals surface area contributed by atoms with Crippen molar-refractivity contribution in [1.82, 2.24) is 19.4 Å². The van der Waals surface area contributed by atoms with Gasteiger partial charge in [-0.25, -0.2) is 18.7 Å². The quantitative estimate of drug-likeness (QED) is 0.361. The molecule has 2 atom stereocenters. The fraction of sp³-hybridized carbons (Fsp3) is 0.357. The molecule has 6 nitrogen and oxygen atoms in total. The molecule has 0 spiro atoms. The lowest BCUT2D eigenvalue weighted by Crippen LogP contribution is -2.24. The van der Waals surface area contributed by atoms with Gasteiger partial charge in [0.05, 0.1) is 11.8 Å². The van der Waals surface area contributed by atoms with Crippen LogP contribution in [0.5, 0.6) is 0 Å². The van der Waals surface area contributed by atoms with E-state index in [0.717, 1.165) is 17.3 Å². The first kappa shape index (κ1) is 24.2. The Bertz CT molecular complexity index is 1520. The zero-order valence-electron chi connectivity index (χ0n) is 20.8. The van der Waals surface area contributed by atoms with Gasteiger partial charge < -0.3 is 4.74 Å². The van der Waals surface area contributed by atoms with E-state index in [1.165, 1.54) is 16.5 Å². The van der Waals surface area contributed by atoms with E-state index in [1.807, 2.05) is 6.07 Å². The summed E-state index contributed by atoms with van der Waals surface area (Å²) in [4.78, 5) is 27.0. The summed E-state index contributed by atoms with van der Waals surface area (Å²) >= 11 is 0. The molecule has 36 heavy (non-hydrogen) atoms. The highest BCUT2D eigenvalue weighted by atomic mass is 19.1. The zero-order valence-corrected chi connectivity index (χ0v) is 20.8. The molecule has 4 heterocycles. The Balaban J connectivity index is 1.63. The van der Waals surface area contributed by atoms with Crippen molar-refractivity contribution in [2.45, 2.75) is 58.5 Å². The Morgan fingerprint density at radius 2 is 1.92 bits per heavy atom. The fourth-order valence-corrected chi connectivity index (χ4v) is 4.69. The van der Waals surface area contributed by atoms with Crippen LogP contribution in [-0.4, -0.2) is 26.0 Å². The predicted molar refractivity (Wildman–Crippen MR) is 133 cm³/mol. The molecular weight excluding hydrogens is 462 g/mol. The Morgan fingerprint density at radius 1 is 1.11 bits per heavy atom. The summed E-state index contributed by atoms with van der Waals surface area (Å²) < 4.78 is 36.1. The lowest BCUT2D eigenvalue weighted by molar-refractivity contribution is 0.00449. The highest BCUT2D eigenvalue weighted by molar-refractivity contribution is 5.74. The summed E-state index contributed by atoms with van der Waals surface area (Å²) in [5.74, 6) is -1.17. The van der Waals surface area contributed by atoms with Crippen LogP contribution >= 0.6 is 0 Å². The number of pyridine rings is 1. The van der Waals surface area contributed by atoms with Crippen molar-refractivity contribution < 1.29 is 13.5 Å². The third kappa shape index (κ3) is 4.41. The summed E-state index contributed by atoms with van der Waals surface area (Å²) in [6, 6.07) is 7.38. The molecule has 1 saturated heterocycles. The monoisotopic (exact) mass is 490 g/mol. The van der Waals surface area contributed by atoms with Gasteiger partial charge in [-0.05, 0) is 62.4 Å². The van der Waals surface area contributed by atoms with Crippen LogP contribution in [0.2, 0.25) is 0 Å². The SMILES string of the molecule is Cc1nc2c(-c3ccc(F)cc3F)nc([C@H]3CCO[C@@H](c4ccnc(C(C)C)c4)C3)cn2c(=O)c1C. The van der Waals surface area contributed by atoms with E-state index in [4.69, 9.17) is 9.72 Å². The van der Waals surface area contributed by atoms with Crippen molar-refractivity contribution in [3.05, 3.63) is 92.9 Å². The maximum Gasteiger partial charge on any atom is 0.261 e. The number of hydrogen-bond donors (Lipinski definition) is 0. The van der Waals surface area contributed by atoms with Crippen LogP contribution in [-0.2, 0) is 4.74 Å². The van der Waals surface area contributed by atoms with Gasteiger partial charge in [0, 0.05) is 53.5 Å². The highest BCUT2D eigenvalue weighted by Crippen LogP contribution is 2.38. The van der Waals surface area contributed by atoms with E-state index in [0.29, 0.717) is 42.3 Å². The maximum absolute atomic E-state index is 14.9. The van der Waals surface area contributed by atoms with Crippen LogP contribution in [0.3, 0.4) is 0 Å². The topological polar surface area (TPSA) is 69.4 Å². The van der Waals surface area contributed by atoms with E-state index >= 15 is 0 Å². The van der Waals surface area contributed by atoms with Gasteiger partial charge in [0.15, 0.2) is 5.65 Å². The first-order chi connectivity index (χ1) is 17.2. The van der Waals surface area contributed by atoms with Gasteiger partial charge in [0.25, 0.3) is 5.56 Å². The molecule has 0 unspecified atom stereocenters. The molecule has 0 bridgehead atoms. The van der Waals surface area contributed by atoms with Crippen molar-refractivity contribution in [3.8, 4) is 11.3 Å². The number of aryl methyl sites for hydroxylation is 1. The molecule has 0 saturated carbocycles. The summed E-state index contributed by atoms with van der Waals surface area (Å²) in [6.45, 7) is 8.17. The van der Waals surface area contributed by atoms with Crippen molar-refractivity contribution in [3.63, 3.8) is 0 Å². The van der Waals surface area contributed by atoms with Gasteiger partial charge >= 0.3 is 0 Å². The van der Waals surface area contributed by atoms with Crippen LogP contribution < -0.4 is 5.56 Å². The Kier molecular flexibility index (Phi) is 6.38. The molecule has 1 aromatic carbocycles. The summed E-state index contributed by atoms with van der Waals surface area (Å²) in [5.41, 5.74) is 4.10. The van der Waals surface area contributed by atoms with E-state index in [-0.39, 0.29) is 34.5 Å². The number of hydrogen-bond acceptors (Lipinski definition) is 5. The molecular formula is C28H28F2N4O2. The van der Waals surface area contributed by atoms with Gasteiger partial charge in [0.1, 0.15) is 17.3 Å². The molecule has 1 fully saturated rings. The molecule has 0 N–H and O–H groups in total. The molecule has 5 rings (SSSR count). The Labute approximate surface area is 208 Å². The second-order valence-electron chi connectivity index (χ2n) is 9.71. The first-order valence-electron chi connectivity index (χ1n) is 12.2. The maximum atomic E-state index is 14.9. The van der Waals surface area contributed by atoms with E-state index in [9.17, 15) is 13.6 Å². The molecule has 0 aliphatic carbocycles. The highest BCUT2D eigenvalue weighted by Gasteiger charge is 2.28. The van der Waals surface area contributed by atoms with E-state index in [2.05, 4.69) is 29.9 Å². The zero-order chi connectivity index (χ0) is 25.6. The number of rotatable bonds is 4. The van der Waals surface area contributed by atoms with Gasteiger partial charge in [-0.1, -0.05) is 13.8 Å². The van der Waals surface area contributed by atoms with Crippen molar-refractivity contribution in [2.75, 3.05) is 6.61 Å². The Hall–Kier alpha value is -3.52. The minimum atomic E-state index is -0.753. The lowest BCUT2D eigenvalue weighted by Gasteiger charge is -2.30. The Morgan fingerprint density at radius 3 is 2.67 bits per heavy atom. The third-order valence-electron chi connectivity index (χ3n) is 6.96. The molecule has 186 valence electrons. The normalized spacial score (nSPS) is 18.2. The fourth-order valence-electron chi connectivity index (χ4n) is 4.69. The van der Waals surface area contributed by atoms with Gasteiger partial charge in [0.2, 0.25) is 0 Å². The predicted octanol–water partition coefficient (Wildman–Crippen LogP) is 5.81. The van der Waals surface area contributed by atoms with Gasteiger partial charge in [-0.15, -0.1) is 0 Å². The van der Waals surface area contributed by atoms with Crippen LogP contribution in [0, 0.1) is 25.5 Å². The molecule has 8 heteroatoms. The number of aromatic nitrogens is 4. The van der Waals surface area contributed by atoms with Crippen LogP contribution in [0.25, 0.3) is 16.9 Å². The summed E-state index contributed by atoms with van der Waals surface area (Å²) in [6.07, 6.45) is 4.72. The largest absolute Gasteiger partial charge is 0.373 e. The molecule has 3 aromatic heterocycles. The van der Waals surface area contributed by atoms with E-state index < -0.39 is 11.6 Å². The minimum absolute atomic E-state index is 0.0282. The second kappa shape index (κ2) is 9.50. The van der Waals surface area contributed by atoms with Crippen LogP contribution in [0.15, 0.2) is 47.5 Å². The first-order valence-corrected chi connectivity index (χ1v) is 12.2. The smallest absolute Gasteiger partial charge is 0.261 e. The van der Waals surface area contributed by atoms with E-state index in [1.54, 1.807) is 26.2 Å². The number of nitrogens with zero attached hydrogens (tertiary/aromatic N) is 4. The molecule has 0 amide bonds. The van der Waals surface area contributed by atoms with Crippen molar-refractivity contribution in [1.29, 1.82) is 0 Å². The van der Waals surface area contributed by atoms with Crippen molar-refractivity contribution >= 4 is 5.65 Å². The van der Waals surface area contributed by atoms with Crippen molar-refractivity contribution in [2.24, 2.45) is 0 Å². The molecule has 1 aliphatic heterocycles. The average Bonchev–Trinajstić information content (AvgIpc) is 2.87. The lowest BCUT2D eigenvalue weighted by atomic mass is 9.89. The number of fused-ring (bicyclic) bond motifs is 1. The standard InChI is InChI=1S/C28H28F2N4O2/c1-15(2)23-11-19(7-9-31-23)25-12-18(8-10-36-25)24-14-34-27(32-17(4)16(3)28(34)35)26(33-24)21-6-5-20(29)13-22(21)30/h5-7,9,11,13-15,18,25H,8,10,12H2,1-4H3/t18-,25+/m0/s1. The average molecular weight is 491 g/mol. The number of benzene rings is 1. The van der Waals surface area contributed by atoms with Crippen LogP contribution in [0.4, 0.5) is 8.78 Å².